The summed E-state index contributed by atoms with van der Waals surface area (Å²) in [6, 6.07) is 2.13. The zero-order chi connectivity index (χ0) is 22.0. The van der Waals surface area contributed by atoms with Crippen LogP contribution in [0.15, 0.2) is 29.9 Å². The molecule has 1 aromatic carbocycles. The molecule has 0 aromatic heterocycles. The third-order valence-electron chi connectivity index (χ3n) is 5.76. The summed E-state index contributed by atoms with van der Waals surface area (Å²) in [6.07, 6.45) is 13.3. The number of ether oxygens (including phenoxy) is 4. The first kappa shape index (κ1) is 24.5. The molecule has 1 aliphatic heterocycles. The lowest BCUT2D eigenvalue weighted by Gasteiger charge is -2.37. The maximum absolute atomic E-state index is 6.56. The monoisotopic (exact) mass is 416 g/mol. The van der Waals surface area contributed by atoms with Crippen LogP contribution in [0, 0.1) is 13.8 Å². The summed E-state index contributed by atoms with van der Waals surface area (Å²) in [6.45, 7) is 12.1. The molecule has 0 saturated heterocycles. The standard InChI is InChI=1S/C26H40O4/c1-20(2)12-10-8-7-9-11-14-26(5)15-13-23-18-24(29-19-28-17-16-27-6)21(3)22(4)25(23)30-26/h7,9,12,18H,8,10-11,13-17,19H2,1-6H3/b9-7+. The molecule has 0 saturated carbocycles. The summed E-state index contributed by atoms with van der Waals surface area (Å²) in [7, 11) is 1.66. The van der Waals surface area contributed by atoms with Gasteiger partial charge in [-0.25, -0.2) is 0 Å². The molecule has 0 N–H and O–H groups in total. The van der Waals surface area contributed by atoms with Gasteiger partial charge in [-0.05, 0) is 95.9 Å². The van der Waals surface area contributed by atoms with E-state index in [1.54, 1.807) is 7.11 Å². The van der Waals surface area contributed by atoms with Crippen molar-refractivity contribution in [1.82, 2.24) is 0 Å². The molecule has 1 unspecified atom stereocenters. The number of methoxy groups -OCH3 is 1. The number of allylic oxidation sites excluding steroid dienone is 4. The highest BCUT2D eigenvalue weighted by Gasteiger charge is 2.32. The van der Waals surface area contributed by atoms with Crippen molar-refractivity contribution in [2.45, 2.75) is 78.7 Å². The Morgan fingerprint density at radius 2 is 1.87 bits per heavy atom. The quantitative estimate of drug-likeness (QED) is 0.222. The van der Waals surface area contributed by atoms with E-state index in [1.807, 2.05) is 0 Å². The second-order valence-corrected chi connectivity index (χ2v) is 8.70. The third kappa shape index (κ3) is 7.48. The maximum Gasteiger partial charge on any atom is 0.189 e. The van der Waals surface area contributed by atoms with Gasteiger partial charge < -0.3 is 18.9 Å². The van der Waals surface area contributed by atoms with Crippen LogP contribution in [0.25, 0.3) is 0 Å². The van der Waals surface area contributed by atoms with Crippen molar-refractivity contribution in [1.29, 1.82) is 0 Å². The van der Waals surface area contributed by atoms with Gasteiger partial charge in [-0.2, -0.15) is 0 Å². The average Bonchev–Trinajstić information content (AvgIpc) is 2.71. The van der Waals surface area contributed by atoms with E-state index in [2.05, 4.69) is 58.9 Å². The molecule has 0 spiro atoms. The molecular weight excluding hydrogens is 376 g/mol. The minimum Gasteiger partial charge on any atom is -0.487 e. The Morgan fingerprint density at radius 3 is 2.60 bits per heavy atom. The number of hydrogen-bond donors (Lipinski definition) is 0. The Kier molecular flexibility index (Phi) is 9.93. The van der Waals surface area contributed by atoms with Crippen LogP contribution in [0.1, 0.15) is 69.6 Å². The van der Waals surface area contributed by atoms with Crippen molar-refractivity contribution in [3.63, 3.8) is 0 Å². The largest absolute Gasteiger partial charge is 0.487 e. The summed E-state index contributed by atoms with van der Waals surface area (Å²) in [5.74, 6) is 1.93. The molecular formula is C26H40O4. The molecule has 0 amide bonds. The van der Waals surface area contributed by atoms with Crippen LogP contribution in [0.5, 0.6) is 11.5 Å². The number of unbranched alkanes of at least 4 members (excludes halogenated alkanes) is 1. The van der Waals surface area contributed by atoms with Crippen LogP contribution < -0.4 is 9.47 Å². The molecule has 2 rings (SSSR count). The topological polar surface area (TPSA) is 36.9 Å². The number of benzene rings is 1. The zero-order valence-electron chi connectivity index (χ0n) is 19.8. The molecule has 4 heteroatoms. The second-order valence-electron chi connectivity index (χ2n) is 8.70. The number of hydrogen-bond acceptors (Lipinski definition) is 4. The van der Waals surface area contributed by atoms with Crippen molar-refractivity contribution in [2.24, 2.45) is 0 Å². The molecule has 0 fully saturated rings. The lowest BCUT2D eigenvalue weighted by Crippen LogP contribution is -2.36. The van der Waals surface area contributed by atoms with Crippen molar-refractivity contribution >= 4 is 0 Å². The number of aryl methyl sites for hydroxylation is 1. The highest BCUT2D eigenvalue weighted by atomic mass is 16.7. The van der Waals surface area contributed by atoms with Crippen LogP contribution in [-0.2, 0) is 15.9 Å². The average molecular weight is 417 g/mol. The van der Waals surface area contributed by atoms with Gasteiger partial charge in [0.05, 0.1) is 13.2 Å². The van der Waals surface area contributed by atoms with Gasteiger partial charge >= 0.3 is 0 Å². The van der Waals surface area contributed by atoms with Gasteiger partial charge in [0.2, 0.25) is 0 Å². The fraction of sp³-hybridized carbons (Fsp3) is 0.615. The van der Waals surface area contributed by atoms with E-state index >= 15 is 0 Å². The molecule has 1 atom stereocenters. The third-order valence-corrected chi connectivity index (χ3v) is 5.76. The Morgan fingerprint density at radius 1 is 1.10 bits per heavy atom. The predicted molar refractivity (Wildman–Crippen MR) is 124 cm³/mol. The SMILES string of the molecule is COCCOCOc1cc2c(c(C)c1C)OC(C)(CC/C=C/CCC=C(C)C)CC2. The van der Waals surface area contributed by atoms with E-state index < -0.39 is 0 Å². The van der Waals surface area contributed by atoms with Gasteiger partial charge in [0.15, 0.2) is 6.79 Å². The molecule has 1 aliphatic rings. The van der Waals surface area contributed by atoms with Gasteiger partial charge in [0.1, 0.15) is 17.1 Å². The summed E-state index contributed by atoms with van der Waals surface area (Å²) in [4.78, 5) is 0. The molecule has 4 nitrogen and oxygen atoms in total. The Balaban J connectivity index is 1.92. The van der Waals surface area contributed by atoms with Crippen molar-refractivity contribution in [3.8, 4) is 11.5 Å². The predicted octanol–water partition coefficient (Wildman–Crippen LogP) is 6.47. The minimum atomic E-state index is -0.111. The first-order valence-electron chi connectivity index (χ1n) is 11.2. The molecule has 0 radical (unpaired) electrons. The first-order valence-corrected chi connectivity index (χ1v) is 11.2. The smallest absolute Gasteiger partial charge is 0.189 e. The Hall–Kier alpha value is -1.78. The van der Waals surface area contributed by atoms with E-state index in [9.17, 15) is 0 Å². The van der Waals surface area contributed by atoms with Gasteiger partial charge in [0.25, 0.3) is 0 Å². The van der Waals surface area contributed by atoms with Crippen LogP contribution in [-0.4, -0.2) is 32.7 Å². The van der Waals surface area contributed by atoms with Crippen LogP contribution in [0.4, 0.5) is 0 Å². The summed E-state index contributed by atoms with van der Waals surface area (Å²) in [5.41, 5.74) is 4.80. The fourth-order valence-corrected chi connectivity index (χ4v) is 3.68. The van der Waals surface area contributed by atoms with Gasteiger partial charge in [0, 0.05) is 7.11 Å². The molecule has 168 valence electrons. The Bertz CT molecular complexity index is 731. The molecule has 0 bridgehead atoms. The van der Waals surface area contributed by atoms with Crippen molar-refractivity contribution < 1.29 is 18.9 Å². The van der Waals surface area contributed by atoms with Crippen LogP contribution in [0.3, 0.4) is 0 Å². The van der Waals surface area contributed by atoms with E-state index in [4.69, 9.17) is 18.9 Å². The van der Waals surface area contributed by atoms with E-state index in [0.29, 0.717) is 13.2 Å². The molecule has 1 heterocycles. The minimum absolute atomic E-state index is 0.111. The van der Waals surface area contributed by atoms with Gasteiger partial charge in [-0.3, -0.25) is 0 Å². The summed E-state index contributed by atoms with van der Waals surface area (Å²) >= 11 is 0. The molecule has 30 heavy (non-hydrogen) atoms. The lowest BCUT2D eigenvalue weighted by molar-refractivity contribution is -0.00904. The van der Waals surface area contributed by atoms with Gasteiger partial charge in [-0.1, -0.05) is 23.8 Å². The zero-order valence-corrected chi connectivity index (χ0v) is 19.8. The number of rotatable bonds is 12. The van der Waals surface area contributed by atoms with Gasteiger partial charge in [-0.15, -0.1) is 0 Å². The van der Waals surface area contributed by atoms with E-state index in [-0.39, 0.29) is 12.4 Å². The highest BCUT2D eigenvalue weighted by molar-refractivity contribution is 5.53. The fourth-order valence-electron chi connectivity index (χ4n) is 3.68. The molecule has 1 aromatic rings. The van der Waals surface area contributed by atoms with Crippen LogP contribution in [0.2, 0.25) is 0 Å². The Labute approximate surface area is 183 Å². The highest BCUT2D eigenvalue weighted by Crippen LogP contribution is 2.42. The molecule has 0 aliphatic carbocycles. The summed E-state index contributed by atoms with van der Waals surface area (Å²) in [5, 5.41) is 0. The summed E-state index contributed by atoms with van der Waals surface area (Å²) < 4.78 is 22.9. The normalized spacial score (nSPS) is 18.2. The maximum atomic E-state index is 6.56. The van der Waals surface area contributed by atoms with E-state index in [1.165, 1.54) is 16.7 Å². The first-order chi connectivity index (χ1) is 14.4. The van der Waals surface area contributed by atoms with E-state index in [0.717, 1.165) is 55.6 Å². The number of fused-ring (bicyclic) bond motifs is 1. The lowest BCUT2D eigenvalue weighted by atomic mass is 9.87. The van der Waals surface area contributed by atoms with Crippen molar-refractivity contribution in [3.05, 3.63) is 46.6 Å². The van der Waals surface area contributed by atoms with Crippen LogP contribution >= 0.6 is 0 Å². The van der Waals surface area contributed by atoms with Crippen molar-refractivity contribution in [2.75, 3.05) is 27.1 Å². The second kappa shape index (κ2) is 12.2.